The van der Waals surface area contributed by atoms with Crippen LogP contribution in [-0.4, -0.2) is 36.1 Å². The predicted octanol–water partition coefficient (Wildman–Crippen LogP) is 5.82. The summed E-state index contributed by atoms with van der Waals surface area (Å²) in [7, 11) is 0. The lowest BCUT2D eigenvalue weighted by Gasteiger charge is -2.37. The van der Waals surface area contributed by atoms with Crippen molar-refractivity contribution in [2.75, 3.05) is 36.0 Å². The van der Waals surface area contributed by atoms with Crippen LogP contribution in [0.5, 0.6) is 0 Å². The van der Waals surface area contributed by atoms with E-state index in [2.05, 4.69) is 59.2 Å². The molecular weight excluding hydrogens is 424 g/mol. The molecule has 158 valence electrons. The molecule has 0 aliphatic carbocycles. The lowest BCUT2D eigenvalue weighted by Crippen LogP contribution is -2.47. The number of halogens is 1. The van der Waals surface area contributed by atoms with Crippen LogP contribution >= 0.6 is 22.9 Å². The fraction of sp³-hybridized carbons (Fsp3) is 0.280. The number of aromatic nitrogens is 2. The second-order valence-electron chi connectivity index (χ2n) is 7.86. The van der Waals surface area contributed by atoms with E-state index < -0.39 is 0 Å². The van der Waals surface area contributed by atoms with Crippen LogP contribution in [0.2, 0.25) is 5.02 Å². The Hall–Kier alpha value is -2.63. The van der Waals surface area contributed by atoms with Crippen LogP contribution in [0, 0.1) is 0 Å². The van der Waals surface area contributed by atoms with Gasteiger partial charge in [0.2, 0.25) is 0 Å². The number of aryl methyl sites for hydroxylation is 1. The van der Waals surface area contributed by atoms with Gasteiger partial charge < -0.3 is 9.80 Å². The summed E-state index contributed by atoms with van der Waals surface area (Å²) >= 11 is 7.85. The fourth-order valence-corrected chi connectivity index (χ4v) is 5.21. The highest BCUT2D eigenvalue weighted by Gasteiger charge is 2.22. The summed E-state index contributed by atoms with van der Waals surface area (Å²) in [5.41, 5.74) is 2.47. The number of benzene rings is 2. The van der Waals surface area contributed by atoms with Gasteiger partial charge in [-0.2, -0.15) is 0 Å². The number of thiophene rings is 1. The average molecular weight is 449 g/mol. The van der Waals surface area contributed by atoms with Gasteiger partial charge in [0, 0.05) is 48.2 Å². The predicted molar refractivity (Wildman–Crippen MR) is 132 cm³/mol. The fourth-order valence-electron chi connectivity index (χ4n) is 4.10. The van der Waals surface area contributed by atoms with Gasteiger partial charge in [0.1, 0.15) is 16.5 Å². The smallest absolute Gasteiger partial charge is 0.141 e. The van der Waals surface area contributed by atoms with Crippen LogP contribution in [0.25, 0.3) is 10.2 Å². The number of anilines is 2. The Kier molecular flexibility index (Phi) is 5.79. The first-order valence-electron chi connectivity index (χ1n) is 10.8. The molecule has 4 nitrogen and oxygen atoms in total. The van der Waals surface area contributed by atoms with Gasteiger partial charge >= 0.3 is 0 Å². The third-order valence-corrected chi connectivity index (χ3v) is 7.22. The molecule has 4 aromatic rings. The standard InChI is InChI=1S/C25H25ClN4S/c1-2-21-17-22-24(27-23(28-25(22)31-21)16-18-6-4-3-5-7-18)30-14-12-29(13-15-30)20-10-8-19(26)9-11-20/h3-11,17H,2,12-16H2,1H3. The van der Waals surface area contributed by atoms with E-state index in [9.17, 15) is 0 Å². The molecule has 0 N–H and O–H groups in total. The minimum atomic E-state index is 0.758. The maximum Gasteiger partial charge on any atom is 0.141 e. The second-order valence-corrected chi connectivity index (χ2v) is 9.41. The average Bonchev–Trinajstić information content (AvgIpc) is 3.23. The van der Waals surface area contributed by atoms with Crippen LogP contribution < -0.4 is 9.80 Å². The summed E-state index contributed by atoms with van der Waals surface area (Å²) in [6.07, 6.45) is 1.78. The number of hydrogen-bond donors (Lipinski definition) is 0. The van der Waals surface area contributed by atoms with E-state index in [0.717, 1.165) is 60.5 Å². The SMILES string of the molecule is CCc1cc2c(N3CCN(c4ccc(Cl)cc4)CC3)nc(Cc3ccccc3)nc2s1. The van der Waals surface area contributed by atoms with Crippen molar-refractivity contribution >= 4 is 44.7 Å². The van der Waals surface area contributed by atoms with Crippen molar-refractivity contribution in [2.45, 2.75) is 19.8 Å². The maximum absolute atomic E-state index is 6.06. The topological polar surface area (TPSA) is 32.3 Å². The Balaban J connectivity index is 1.42. The molecule has 0 radical (unpaired) electrons. The highest BCUT2D eigenvalue weighted by Crippen LogP contribution is 2.33. The molecule has 0 bridgehead atoms. The maximum atomic E-state index is 6.06. The van der Waals surface area contributed by atoms with E-state index in [4.69, 9.17) is 21.6 Å². The lowest BCUT2D eigenvalue weighted by molar-refractivity contribution is 0.647. The molecule has 6 heteroatoms. The summed E-state index contributed by atoms with van der Waals surface area (Å²) in [5.74, 6) is 1.99. The highest BCUT2D eigenvalue weighted by molar-refractivity contribution is 7.18. The van der Waals surface area contributed by atoms with Gasteiger partial charge in [-0.1, -0.05) is 48.9 Å². The van der Waals surface area contributed by atoms with Gasteiger partial charge in [-0.25, -0.2) is 9.97 Å². The van der Waals surface area contributed by atoms with E-state index in [0.29, 0.717) is 0 Å². The quantitative estimate of drug-likeness (QED) is 0.384. The molecule has 31 heavy (non-hydrogen) atoms. The Morgan fingerprint density at radius 3 is 2.32 bits per heavy atom. The molecule has 1 saturated heterocycles. The zero-order chi connectivity index (χ0) is 21.2. The first-order chi connectivity index (χ1) is 15.2. The van der Waals surface area contributed by atoms with Crippen molar-refractivity contribution in [1.29, 1.82) is 0 Å². The highest BCUT2D eigenvalue weighted by atomic mass is 35.5. The lowest BCUT2D eigenvalue weighted by atomic mass is 10.1. The van der Waals surface area contributed by atoms with Gasteiger partial charge in [0.05, 0.1) is 5.39 Å². The largest absolute Gasteiger partial charge is 0.368 e. The molecule has 5 rings (SSSR count). The molecule has 0 saturated carbocycles. The third-order valence-electron chi connectivity index (χ3n) is 5.79. The zero-order valence-electron chi connectivity index (χ0n) is 17.6. The monoisotopic (exact) mass is 448 g/mol. The van der Waals surface area contributed by atoms with E-state index in [1.54, 1.807) is 11.3 Å². The number of hydrogen-bond acceptors (Lipinski definition) is 5. The number of rotatable bonds is 5. The van der Waals surface area contributed by atoms with Gasteiger partial charge in [0.25, 0.3) is 0 Å². The first-order valence-corrected chi connectivity index (χ1v) is 12.0. The van der Waals surface area contributed by atoms with Crippen LogP contribution in [-0.2, 0) is 12.8 Å². The molecule has 1 fully saturated rings. The van der Waals surface area contributed by atoms with Crippen molar-refractivity contribution in [3.63, 3.8) is 0 Å². The molecule has 0 spiro atoms. The van der Waals surface area contributed by atoms with E-state index in [1.807, 2.05) is 18.2 Å². The normalized spacial score (nSPS) is 14.4. The Morgan fingerprint density at radius 1 is 0.903 bits per heavy atom. The van der Waals surface area contributed by atoms with Crippen LogP contribution in [0.1, 0.15) is 23.2 Å². The van der Waals surface area contributed by atoms with Crippen LogP contribution in [0.4, 0.5) is 11.5 Å². The third kappa shape index (κ3) is 4.39. The van der Waals surface area contributed by atoms with Gasteiger partial charge in [-0.15, -0.1) is 11.3 Å². The Labute approximate surface area is 192 Å². The van der Waals surface area contributed by atoms with Gasteiger partial charge in [-0.3, -0.25) is 0 Å². The van der Waals surface area contributed by atoms with Gasteiger partial charge in [-0.05, 0) is 42.3 Å². The first kappa shape index (κ1) is 20.3. The summed E-state index contributed by atoms with van der Waals surface area (Å²) in [4.78, 5) is 17.3. The molecule has 1 aliphatic rings. The number of piperazine rings is 1. The summed E-state index contributed by atoms with van der Waals surface area (Å²) in [6, 6.07) is 20.9. The van der Waals surface area contributed by atoms with Crippen molar-refractivity contribution < 1.29 is 0 Å². The van der Waals surface area contributed by atoms with Crippen molar-refractivity contribution in [2.24, 2.45) is 0 Å². The molecule has 0 amide bonds. The molecule has 3 heterocycles. The Bertz CT molecular complexity index is 1170. The number of nitrogens with zero attached hydrogens (tertiary/aromatic N) is 4. The molecule has 2 aromatic carbocycles. The van der Waals surface area contributed by atoms with Crippen molar-refractivity contribution in [3.05, 3.63) is 82.0 Å². The molecule has 0 unspecified atom stereocenters. The minimum Gasteiger partial charge on any atom is -0.368 e. The summed E-state index contributed by atoms with van der Waals surface area (Å²) in [5, 5.41) is 1.97. The van der Waals surface area contributed by atoms with E-state index >= 15 is 0 Å². The van der Waals surface area contributed by atoms with Crippen LogP contribution in [0.15, 0.2) is 60.7 Å². The molecular formula is C25H25ClN4S. The van der Waals surface area contributed by atoms with Crippen molar-refractivity contribution in [1.82, 2.24) is 9.97 Å². The molecule has 0 atom stereocenters. The number of fused-ring (bicyclic) bond motifs is 1. The summed E-state index contributed by atoms with van der Waals surface area (Å²) in [6.45, 7) is 6.01. The zero-order valence-corrected chi connectivity index (χ0v) is 19.2. The molecule has 2 aromatic heterocycles. The summed E-state index contributed by atoms with van der Waals surface area (Å²) < 4.78 is 0. The van der Waals surface area contributed by atoms with E-state index in [-0.39, 0.29) is 0 Å². The molecule has 1 aliphatic heterocycles. The van der Waals surface area contributed by atoms with Gasteiger partial charge in [0.15, 0.2) is 0 Å². The minimum absolute atomic E-state index is 0.758. The van der Waals surface area contributed by atoms with E-state index in [1.165, 1.54) is 21.5 Å². The Morgan fingerprint density at radius 2 is 1.61 bits per heavy atom. The second kappa shape index (κ2) is 8.85. The van der Waals surface area contributed by atoms with Crippen LogP contribution in [0.3, 0.4) is 0 Å². The van der Waals surface area contributed by atoms with Crippen molar-refractivity contribution in [3.8, 4) is 0 Å².